The number of nitrogens with two attached hydrogens (primary N) is 1. The number of carbonyl (C=O) groups excluding carboxylic acids is 1. The summed E-state index contributed by atoms with van der Waals surface area (Å²) in [6.07, 6.45) is 1.50. The molecule has 0 aromatic heterocycles. The number of anilines is 1. The molecule has 3 N–H and O–H groups in total. The molecule has 3 nitrogen and oxygen atoms in total. The minimum Gasteiger partial charge on any atom is -0.392 e. The maximum Gasteiger partial charge on any atom is 0.237 e. The highest BCUT2D eigenvalue weighted by atomic mass is 32.1. The maximum atomic E-state index is 12.3. The van der Waals surface area contributed by atoms with Crippen LogP contribution in [-0.2, 0) is 4.79 Å². The molecule has 0 heterocycles. The molecule has 1 aromatic carbocycles. The molecule has 1 aliphatic carbocycles. The van der Waals surface area contributed by atoms with E-state index in [9.17, 15) is 4.79 Å². The highest BCUT2D eigenvalue weighted by Gasteiger charge is 2.50. The van der Waals surface area contributed by atoms with Crippen molar-refractivity contribution in [1.82, 2.24) is 0 Å². The van der Waals surface area contributed by atoms with Gasteiger partial charge in [-0.05, 0) is 37.8 Å². The fraction of sp³-hybridized carbons (Fsp3) is 0.429. The molecule has 0 atom stereocenters. The van der Waals surface area contributed by atoms with E-state index in [0.717, 1.165) is 24.1 Å². The third kappa shape index (κ3) is 2.25. The van der Waals surface area contributed by atoms with Crippen LogP contribution in [0.2, 0.25) is 0 Å². The second-order valence-electron chi connectivity index (χ2n) is 5.28. The van der Waals surface area contributed by atoms with Crippen LogP contribution in [0.25, 0.3) is 0 Å². The Bertz CT molecular complexity index is 475. The van der Waals surface area contributed by atoms with E-state index in [-0.39, 0.29) is 5.91 Å². The Morgan fingerprint density at radius 1 is 1.39 bits per heavy atom. The van der Waals surface area contributed by atoms with Gasteiger partial charge < -0.3 is 11.1 Å². The van der Waals surface area contributed by atoms with Crippen molar-refractivity contribution in [2.45, 2.75) is 26.7 Å². The second kappa shape index (κ2) is 4.69. The lowest BCUT2D eigenvalue weighted by molar-refractivity contribution is -0.127. The Labute approximate surface area is 113 Å². The van der Waals surface area contributed by atoms with Gasteiger partial charge in [0.25, 0.3) is 0 Å². The van der Waals surface area contributed by atoms with Crippen molar-refractivity contribution in [2.24, 2.45) is 17.1 Å². The second-order valence-corrected chi connectivity index (χ2v) is 5.72. The number of hydrogen-bond donors (Lipinski definition) is 2. The molecule has 0 unspecified atom stereocenters. The molecular formula is C14H18N2OS. The lowest BCUT2D eigenvalue weighted by Gasteiger charge is -2.44. The molecule has 1 saturated carbocycles. The topological polar surface area (TPSA) is 55.1 Å². The highest BCUT2D eigenvalue weighted by molar-refractivity contribution is 7.80. The molecule has 2 rings (SSSR count). The van der Waals surface area contributed by atoms with Crippen molar-refractivity contribution in [1.29, 1.82) is 0 Å². The summed E-state index contributed by atoms with van der Waals surface area (Å²) in [5.74, 6) is 0.437. The average molecular weight is 262 g/mol. The van der Waals surface area contributed by atoms with E-state index in [2.05, 4.69) is 12.2 Å². The molecule has 18 heavy (non-hydrogen) atoms. The molecule has 0 aliphatic heterocycles. The fourth-order valence-corrected chi connectivity index (χ4v) is 2.78. The van der Waals surface area contributed by atoms with Crippen molar-refractivity contribution in [3.8, 4) is 0 Å². The van der Waals surface area contributed by atoms with Crippen molar-refractivity contribution in [3.63, 3.8) is 0 Å². The third-order valence-corrected chi connectivity index (χ3v) is 4.00. The Balaban J connectivity index is 2.11. The van der Waals surface area contributed by atoms with Gasteiger partial charge in [0, 0.05) is 5.69 Å². The van der Waals surface area contributed by atoms with Crippen LogP contribution in [-0.4, -0.2) is 10.9 Å². The van der Waals surface area contributed by atoms with Gasteiger partial charge in [-0.15, -0.1) is 0 Å². The summed E-state index contributed by atoms with van der Waals surface area (Å²) in [6.45, 7) is 4.12. The number of aryl methyl sites for hydroxylation is 1. The predicted molar refractivity (Wildman–Crippen MR) is 77.4 cm³/mol. The minimum atomic E-state index is -0.639. The van der Waals surface area contributed by atoms with E-state index in [0.29, 0.717) is 10.9 Å². The van der Waals surface area contributed by atoms with Crippen molar-refractivity contribution in [3.05, 3.63) is 29.8 Å². The fourth-order valence-electron chi connectivity index (χ4n) is 2.52. The van der Waals surface area contributed by atoms with Crippen LogP contribution in [0.1, 0.15) is 25.3 Å². The van der Waals surface area contributed by atoms with Crippen LogP contribution >= 0.6 is 12.2 Å². The highest BCUT2D eigenvalue weighted by Crippen LogP contribution is 2.46. The van der Waals surface area contributed by atoms with Crippen LogP contribution in [0.4, 0.5) is 5.69 Å². The normalized spacial score (nSPS) is 26.2. The van der Waals surface area contributed by atoms with Crippen molar-refractivity contribution < 1.29 is 4.79 Å². The number of rotatable bonds is 3. The monoisotopic (exact) mass is 262 g/mol. The van der Waals surface area contributed by atoms with Gasteiger partial charge in [0.1, 0.15) is 0 Å². The average Bonchev–Trinajstić information content (AvgIpc) is 2.27. The van der Waals surface area contributed by atoms with E-state index >= 15 is 0 Å². The zero-order valence-electron chi connectivity index (χ0n) is 10.7. The molecular weight excluding hydrogens is 244 g/mol. The first kappa shape index (κ1) is 13.0. The van der Waals surface area contributed by atoms with E-state index in [1.54, 1.807) is 0 Å². The lowest BCUT2D eigenvalue weighted by atomic mass is 9.62. The number of benzene rings is 1. The molecule has 0 spiro atoms. The van der Waals surface area contributed by atoms with Gasteiger partial charge in [-0.2, -0.15) is 0 Å². The summed E-state index contributed by atoms with van der Waals surface area (Å²) >= 11 is 5.06. The summed E-state index contributed by atoms with van der Waals surface area (Å²) in [7, 11) is 0. The van der Waals surface area contributed by atoms with E-state index in [4.69, 9.17) is 18.0 Å². The molecule has 0 radical (unpaired) electrons. The Hall–Kier alpha value is -1.42. The zero-order chi connectivity index (χ0) is 13.3. The van der Waals surface area contributed by atoms with Crippen LogP contribution < -0.4 is 11.1 Å². The van der Waals surface area contributed by atoms with Gasteiger partial charge in [0.2, 0.25) is 5.91 Å². The lowest BCUT2D eigenvalue weighted by Crippen LogP contribution is -2.53. The van der Waals surface area contributed by atoms with E-state index in [1.807, 2.05) is 31.2 Å². The minimum absolute atomic E-state index is 0.0723. The SMILES string of the molecule is Cc1ccc(NC(=O)C2(C(N)=S)CC(C)C2)cc1. The largest absolute Gasteiger partial charge is 0.392 e. The van der Waals surface area contributed by atoms with Crippen LogP contribution in [0.3, 0.4) is 0 Å². The molecule has 1 amide bonds. The summed E-state index contributed by atoms with van der Waals surface area (Å²) < 4.78 is 0. The summed E-state index contributed by atoms with van der Waals surface area (Å²) in [6, 6.07) is 7.71. The predicted octanol–water partition coefficient (Wildman–Crippen LogP) is 2.64. The Kier molecular flexibility index (Phi) is 3.39. The number of amides is 1. The zero-order valence-corrected chi connectivity index (χ0v) is 11.5. The maximum absolute atomic E-state index is 12.3. The molecule has 1 fully saturated rings. The summed E-state index contributed by atoms with van der Waals surface area (Å²) in [5.41, 5.74) is 7.06. The number of carbonyl (C=O) groups is 1. The van der Waals surface area contributed by atoms with Gasteiger partial charge in [-0.25, -0.2) is 0 Å². The van der Waals surface area contributed by atoms with Gasteiger partial charge in [-0.1, -0.05) is 36.8 Å². The third-order valence-electron chi connectivity index (χ3n) is 3.61. The van der Waals surface area contributed by atoms with Gasteiger partial charge in [0.15, 0.2) is 0 Å². The molecule has 0 saturated heterocycles. The first-order valence-corrected chi connectivity index (χ1v) is 6.53. The molecule has 1 aliphatic rings. The summed E-state index contributed by atoms with van der Waals surface area (Å²) in [4.78, 5) is 12.6. The Morgan fingerprint density at radius 2 is 1.94 bits per heavy atom. The molecule has 0 bridgehead atoms. The number of hydrogen-bond acceptors (Lipinski definition) is 2. The molecule has 96 valence electrons. The Morgan fingerprint density at radius 3 is 2.39 bits per heavy atom. The first-order chi connectivity index (χ1) is 8.44. The number of nitrogens with one attached hydrogen (secondary N) is 1. The standard InChI is InChI=1S/C14H18N2OS/c1-9-3-5-11(6-4-9)16-13(17)14(12(15)18)7-10(2)8-14/h3-6,10H,7-8H2,1-2H3,(H2,15,18)(H,16,17). The van der Waals surface area contributed by atoms with Crippen LogP contribution in [0, 0.1) is 18.3 Å². The van der Waals surface area contributed by atoms with Crippen molar-refractivity contribution in [2.75, 3.05) is 5.32 Å². The van der Waals surface area contributed by atoms with Crippen LogP contribution in [0.5, 0.6) is 0 Å². The van der Waals surface area contributed by atoms with Crippen molar-refractivity contribution >= 4 is 28.8 Å². The quantitative estimate of drug-likeness (QED) is 0.823. The summed E-state index contributed by atoms with van der Waals surface area (Å²) in [5, 5.41) is 2.91. The van der Waals surface area contributed by atoms with E-state index < -0.39 is 5.41 Å². The molecule has 4 heteroatoms. The number of thiocarbonyl (C=S) groups is 1. The van der Waals surface area contributed by atoms with Crippen LogP contribution in [0.15, 0.2) is 24.3 Å². The smallest absolute Gasteiger partial charge is 0.237 e. The molecule has 1 aromatic rings. The van der Waals surface area contributed by atoms with E-state index in [1.165, 1.54) is 0 Å². The van der Waals surface area contributed by atoms with Gasteiger partial charge in [0.05, 0.1) is 10.4 Å². The van der Waals surface area contributed by atoms with Gasteiger partial charge in [-0.3, -0.25) is 4.79 Å². The first-order valence-electron chi connectivity index (χ1n) is 6.12. The van der Waals surface area contributed by atoms with Gasteiger partial charge >= 0.3 is 0 Å².